The van der Waals surface area contributed by atoms with Gasteiger partial charge >= 0.3 is 0 Å². The summed E-state index contributed by atoms with van der Waals surface area (Å²) in [5.74, 6) is 0.237. The van der Waals surface area contributed by atoms with E-state index in [4.69, 9.17) is 17.2 Å². The molecule has 7 N–H and O–H groups in total. The van der Waals surface area contributed by atoms with Crippen LogP contribution in [-0.2, 0) is 4.79 Å². The highest BCUT2D eigenvalue weighted by molar-refractivity contribution is 6.39. The van der Waals surface area contributed by atoms with Crippen LogP contribution < -0.4 is 22.5 Å². The lowest BCUT2D eigenvalue weighted by atomic mass is 10.0. The minimum atomic E-state index is -0.0211. The van der Waals surface area contributed by atoms with Crippen molar-refractivity contribution in [3.05, 3.63) is 61.0 Å². The van der Waals surface area contributed by atoms with Crippen molar-refractivity contribution < 1.29 is 4.79 Å². The number of rotatable bonds is 9. The first-order valence-corrected chi connectivity index (χ1v) is 8.39. The number of ketones is 1. The summed E-state index contributed by atoms with van der Waals surface area (Å²) in [7, 11) is 0. The molecule has 7 nitrogen and oxygen atoms in total. The molecule has 1 rings (SSSR count). The first-order chi connectivity index (χ1) is 12.5. The minimum Gasteiger partial charge on any atom is -0.381 e. The molecular formula is C19H28N6O. The average molecular weight is 356 g/mol. The number of carbonyl (C=O) groups excluding carboxylic acids is 1. The molecule has 0 spiro atoms. The summed E-state index contributed by atoms with van der Waals surface area (Å²) in [5.41, 5.74) is 18.8. The lowest BCUT2D eigenvalue weighted by Crippen LogP contribution is -2.31. The molecule has 1 aliphatic rings. The first-order valence-electron chi connectivity index (χ1n) is 8.39. The summed E-state index contributed by atoms with van der Waals surface area (Å²) in [5, 5.41) is 3.05. The van der Waals surface area contributed by atoms with Gasteiger partial charge in [0, 0.05) is 24.9 Å². The summed E-state index contributed by atoms with van der Waals surface area (Å²) in [6, 6.07) is 0. The number of nitrogens with zero attached hydrogens (tertiary/aromatic N) is 2. The van der Waals surface area contributed by atoms with Gasteiger partial charge in [0.1, 0.15) is 0 Å². The van der Waals surface area contributed by atoms with E-state index in [1.807, 2.05) is 18.2 Å². The van der Waals surface area contributed by atoms with Gasteiger partial charge in [0.25, 0.3) is 0 Å². The van der Waals surface area contributed by atoms with E-state index >= 15 is 0 Å². The van der Waals surface area contributed by atoms with Crippen LogP contribution in [0.3, 0.4) is 0 Å². The molecule has 0 aromatic rings. The standard InChI is InChI=1S/C19H28N6O/c1-3-4-6-14(2)12-23-13-17(26)10-16-9-15(11-20)7-5-8-24-18(21)19(22)25-16/h3-6,8-9,15,23H,1-2,7,10-13,20H2,(H2,21,24)(H2,22,25)/b6-4-,8-5+,16-9+. The van der Waals surface area contributed by atoms with Gasteiger partial charge in [-0.25, -0.2) is 9.98 Å². The van der Waals surface area contributed by atoms with E-state index < -0.39 is 0 Å². The highest BCUT2D eigenvalue weighted by Crippen LogP contribution is 2.14. The van der Waals surface area contributed by atoms with Crippen molar-refractivity contribution in [2.45, 2.75) is 12.8 Å². The Kier molecular flexibility index (Phi) is 9.59. The van der Waals surface area contributed by atoms with E-state index in [0.717, 1.165) is 5.57 Å². The van der Waals surface area contributed by atoms with Crippen molar-refractivity contribution in [1.82, 2.24) is 5.32 Å². The van der Waals surface area contributed by atoms with Gasteiger partial charge < -0.3 is 22.5 Å². The molecule has 1 heterocycles. The zero-order valence-electron chi connectivity index (χ0n) is 15.0. The number of hydrogen-bond donors (Lipinski definition) is 4. The number of hydrogen-bond acceptors (Lipinski definition) is 7. The monoisotopic (exact) mass is 356 g/mol. The van der Waals surface area contributed by atoms with Gasteiger partial charge in [-0.3, -0.25) is 4.79 Å². The summed E-state index contributed by atoms with van der Waals surface area (Å²) in [4.78, 5) is 20.5. The molecule has 0 radical (unpaired) electrons. The highest BCUT2D eigenvalue weighted by atomic mass is 16.1. The Morgan fingerprint density at radius 2 is 2.12 bits per heavy atom. The van der Waals surface area contributed by atoms with E-state index in [9.17, 15) is 4.79 Å². The fraction of sp³-hybridized carbons (Fsp3) is 0.316. The summed E-state index contributed by atoms with van der Waals surface area (Å²) >= 11 is 0. The Hall–Kier alpha value is -2.77. The van der Waals surface area contributed by atoms with Crippen LogP contribution in [-0.4, -0.2) is 37.1 Å². The quantitative estimate of drug-likeness (QED) is 0.456. The molecule has 140 valence electrons. The zero-order valence-corrected chi connectivity index (χ0v) is 15.0. The van der Waals surface area contributed by atoms with Crippen LogP contribution in [0.2, 0.25) is 0 Å². The second-order valence-corrected chi connectivity index (χ2v) is 5.86. The van der Waals surface area contributed by atoms with Crippen molar-refractivity contribution >= 4 is 17.5 Å². The van der Waals surface area contributed by atoms with Crippen molar-refractivity contribution in [3.8, 4) is 0 Å². The lowest BCUT2D eigenvalue weighted by Gasteiger charge is -2.12. The molecule has 0 aromatic heterocycles. The molecule has 0 aromatic carbocycles. The third-order valence-electron chi connectivity index (χ3n) is 3.54. The van der Waals surface area contributed by atoms with Crippen molar-refractivity contribution in [2.24, 2.45) is 33.1 Å². The van der Waals surface area contributed by atoms with Gasteiger partial charge in [0.05, 0.1) is 6.54 Å². The van der Waals surface area contributed by atoms with E-state index in [1.54, 1.807) is 18.4 Å². The van der Waals surface area contributed by atoms with Gasteiger partial charge in [0.15, 0.2) is 17.5 Å². The Morgan fingerprint density at radius 3 is 2.81 bits per heavy atom. The van der Waals surface area contributed by atoms with Gasteiger partial charge in [-0.15, -0.1) is 0 Å². The molecule has 26 heavy (non-hydrogen) atoms. The van der Waals surface area contributed by atoms with Crippen LogP contribution in [0.1, 0.15) is 12.8 Å². The molecule has 0 aliphatic carbocycles. The summed E-state index contributed by atoms with van der Waals surface area (Å²) in [6.45, 7) is 8.62. The first kappa shape index (κ1) is 21.3. The summed E-state index contributed by atoms with van der Waals surface area (Å²) < 4.78 is 0. The molecule has 1 aliphatic heterocycles. The molecule has 1 unspecified atom stereocenters. The SMILES string of the molecule is C=C/C=C\C(=C)CNCC(=O)C/C1=C\C(CN)C/C=C/N=C(N)C(N)=N1. The van der Waals surface area contributed by atoms with E-state index in [-0.39, 0.29) is 36.3 Å². The number of nitrogens with one attached hydrogen (secondary N) is 1. The molecule has 0 saturated heterocycles. The third-order valence-corrected chi connectivity index (χ3v) is 3.54. The Bertz CT molecular complexity index is 670. The number of Topliss-reactive ketones (excluding diaryl/α,β-unsaturated/α-hetero) is 1. The second kappa shape index (κ2) is 11.7. The Morgan fingerprint density at radius 1 is 1.35 bits per heavy atom. The highest BCUT2D eigenvalue weighted by Gasteiger charge is 2.11. The number of allylic oxidation sites excluding steroid dienone is 4. The van der Waals surface area contributed by atoms with Crippen molar-refractivity contribution in [3.63, 3.8) is 0 Å². The number of carbonyl (C=O) groups is 1. The number of amidine groups is 2. The fourth-order valence-electron chi connectivity index (χ4n) is 2.18. The van der Waals surface area contributed by atoms with Crippen molar-refractivity contribution in [1.29, 1.82) is 0 Å². The number of nitrogens with two attached hydrogens (primary N) is 3. The third kappa shape index (κ3) is 8.36. The van der Waals surface area contributed by atoms with Crippen LogP contribution in [0.25, 0.3) is 0 Å². The average Bonchev–Trinajstić information content (AvgIpc) is 2.61. The zero-order chi connectivity index (χ0) is 19.4. The van der Waals surface area contributed by atoms with Gasteiger partial charge in [0.2, 0.25) is 0 Å². The maximum absolute atomic E-state index is 12.3. The van der Waals surface area contributed by atoms with Crippen molar-refractivity contribution in [2.75, 3.05) is 19.6 Å². The van der Waals surface area contributed by atoms with Crippen LogP contribution in [0.4, 0.5) is 0 Å². The second-order valence-electron chi connectivity index (χ2n) is 5.86. The fourth-order valence-corrected chi connectivity index (χ4v) is 2.18. The number of aliphatic imine (C=N–C) groups is 2. The topological polar surface area (TPSA) is 132 Å². The molecule has 0 amide bonds. The predicted molar refractivity (Wildman–Crippen MR) is 109 cm³/mol. The molecule has 7 heteroatoms. The smallest absolute Gasteiger partial charge is 0.166 e. The molecular weight excluding hydrogens is 328 g/mol. The minimum absolute atomic E-state index is 0.0211. The van der Waals surface area contributed by atoms with E-state index in [0.29, 0.717) is 25.2 Å². The van der Waals surface area contributed by atoms with Gasteiger partial charge in [-0.1, -0.05) is 43.5 Å². The van der Waals surface area contributed by atoms with E-state index in [2.05, 4.69) is 28.5 Å². The maximum Gasteiger partial charge on any atom is 0.166 e. The van der Waals surface area contributed by atoms with Gasteiger partial charge in [-0.05, 0) is 24.5 Å². The normalized spacial score (nSPS) is 21.3. The van der Waals surface area contributed by atoms with Crippen LogP contribution in [0, 0.1) is 5.92 Å². The molecule has 0 fully saturated rings. The van der Waals surface area contributed by atoms with Gasteiger partial charge in [-0.2, -0.15) is 0 Å². The van der Waals surface area contributed by atoms with Crippen LogP contribution in [0.5, 0.6) is 0 Å². The lowest BCUT2D eigenvalue weighted by molar-refractivity contribution is -0.117. The molecule has 0 bridgehead atoms. The predicted octanol–water partition coefficient (Wildman–Crippen LogP) is 0.924. The Balaban J connectivity index is 2.73. The summed E-state index contributed by atoms with van der Waals surface area (Å²) in [6.07, 6.45) is 11.4. The largest absolute Gasteiger partial charge is 0.381 e. The van der Waals surface area contributed by atoms with E-state index in [1.165, 1.54) is 0 Å². The van der Waals surface area contributed by atoms with Crippen LogP contribution in [0.15, 0.2) is 71.0 Å². The molecule has 1 atom stereocenters. The molecule has 0 saturated carbocycles. The maximum atomic E-state index is 12.3. The van der Waals surface area contributed by atoms with Crippen LogP contribution >= 0.6 is 0 Å². The Labute approximate surface area is 154 Å².